The molecule has 1 fully saturated rings. The number of hydrogen-bond donors (Lipinski definition) is 3. The number of nitrogens with one attached hydrogen (secondary N) is 2. The first-order valence-electron chi connectivity index (χ1n) is 14.5. The molecule has 3 aromatic carbocycles. The van der Waals surface area contributed by atoms with E-state index in [4.69, 9.17) is 10.5 Å². The summed E-state index contributed by atoms with van der Waals surface area (Å²) in [5.74, 6) is -0.773. The first-order valence-corrected chi connectivity index (χ1v) is 14.5. The zero-order valence-corrected chi connectivity index (χ0v) is 24.5. The van der Waals surface area contributed by atoms with E-state index in [1.165, 1.54) is 0 Å². The molecule has 0 saturated carbocycles. The highest BCUT2D eigenvalue weighted by molar-refractivity contribution is 5.98. The van der Waals surface area contributed by atoms with Gasteiger partial charge in [-0.1, -0.05) is 66.7 Å². The monoisotopic (exact) mass is 582 g/mol. The van der Waals surface area contributed by atoms with Crippen molar-refractivity contribution in [2.24, 2.45) is 5.73 Å². The van der Waals surface area contributed by atoms with Crippen LogP contribution in [0.1, 0.15) is 43.9 Å². The largest absolute Gasteiger partial charge is 0.374 e. The molecule has 43 heavy (non-hydrogen) atoms. The van der Waals surface area contributed by atoms with Gasteiger partial charge >= 0.3 is 0 Å². The van der Waals surface area contributed by atoms with Crippen LogP contribution in [-0.4, -0.2) is 63.4 Å². The molecule has 224 valence electrons. The standard InChI is InChI=1S/C33H38N6O4/c1-33(2,34)32(42)36-27(21-43-20-23-10-4-3-5-11-23)30(40)37-28-19-39(22-35-28)29(31(41)38-16-8-9-17-38)26-15-14-24-12-6-7-13-25(24)18-26/h3-7,10-15,18-19,22,27,29H,8-9,16-17,20-21,34H2,1-2H3,(H,36,42)(H,37,40)/t27-,29?/m1/s1. The number of benzene rings is 3. The summed E-state index contributed by atoms with van der Waals surface area (Å²) < 4.78 is 7.51. The van der Waals surface area contributed by atoms with Crippen molar-refractivity contribution in [1.82, 2.24) is 19.8 Å². The summed E-state index contributed by atoms with van der Waals surface area (Å²) in [6, 6.07) is 21.9. The number of carbonyl (C=O) groups is 3. The zero-order chi connectivity index (χ0) is 30.4. The van der Waals surface area contributed by atoms with Crippen molar-refractivity contribution >= 4 is 34.3 Å². The summed E-state index contributed by atoms with van der Waals surface area (Å²) in [4.78, 5) is 46.1. The molecule has 3 amide bonds. The Morgan fingerprint density at radius 1 is 0.977 bits per heavy atom. The van der Waals surface area contributed by atoms with E-state index in [-0.39, 0.29) is 24.9 Å². The molecule has 4 aromatic rings. The summed E-state index contributed by atoms with van der Waals surface area (Å²) in [6.07, 6.45) is 5.13. The highest BCUT2D eigenvalue weighted by Crippen LogP contribution is 2.27. The molecule has 4 N–H and O–H groups in total. The first kappa shape index (κ1) is 29.9. The Balaban J connectivity index is 1.35. The van der Waals surface area contributed by atoms with E-state index in [1.807, 2.05) is 77.7 Å². The van der Waals surface area contributed by atoms with Crippen molar-refractivity contribution in [3.63, 3.8) is 0 Å². The summed E-state index contributed by atoms with van der Waals surface area (Å²) in [6.45, 7) is 4.75. The predicted molar refractivity (Wildman–Crippen MR) is 165 cm³/mol. The molecule has 2 atom stereocenters. The lowest BCUT2D eigenvalue weighted by atomic mass is 10.0. The Morgan fingerprint density at radius 2 is 1.67 bits per heavy atom. The number of imidazole rings is 1. The second-order valence-corrected chi connectivity index (χ2v) is 11.5. The molecule has 1 aliphatic rings. The maximum atomic E-state index is 13.8. The van der Waals surface area contributed by atoms with Crippen LogP contribution in [0.2, 0.25) is 0 Å². The number of nitrogens with two attached hydrogens (primary N) is 1. The van der Waals surface area contributed by atoms with Crippen LogP contribution in [0.4, 0.5) is 5.82 Å². The number of rotatable bonds is 11. The summed E-state index contributed by atoms with van der Waals surface area (Å²) in [5.41, 5.74) is 6.55. The Labute approximate surface area is 251 Å². The van der Waals surface area contributed by atoms with E-state index >= 15 is 0 Å². The van der Waals surface area contributed by atoms with Gasteiger partial charge in [-0.05, 0) is 54.7 Å². The molecular weight excluding hydrogens is 544 g/mol. The molecule has 0 aliphatic carbocycles. The zero-order valence-electron chi connectivity index (χ0n) is 24.5. The summed E-state index contributed by atoms with van der Waals surface area (Å²) in [7, 11) is 0. The molecule has 1 unspecified atom stereocenters. The van der Waals surface area contributed by atoms with Gasteiger partial charge in [0.2, 0.25) is 11.8 Å². The Kier molecular flexibility index (Phi) is 9.18. The number of hydrogen-bond acceptors (Lipinski definition) is 6. The van der Waals surface area contributed by atoms with Gasteiger partial charge in [0.25, 0.3) is 5.91 Å². The van der Waals surface area contributed by atoms with Crippen molar-refractivity contribution in [2.75, 3.05) is 25.0 Å². The van der Waals surface area contributed by atoms with Crippen LogP contribution in [0.3, 0.4) is 0 Å². The van der Waals surface area contributed by atoms with Crippen LogP contribution in [0.5, 0.6) is 0 Å². The number of likely N-dealkylation sites (tertiary alicyclic amines) is 1. The van der Waals surface area contributed by atoms with E-state index in [0.29, 0.717) is 13.1 Å². The minimum atomic E-state index is -1.19. The Hall–Kier alpha value is -4.54. The fourth-order valence-corrected chi connectivity index (χ4v) is 5.08. The molecule has 0 spiro atoms. The number of ether oxygens (including phenoxy) is 1. The fraction of sp³-hybridized carbons (Fsp3) is 0.333. The first-order chi connectivity index (χ1) is 20.7. The highest BCUT2D eigenvalue weighted by atomic mass is 16.5. The number of carbonyl (C=O) groups excluding carboxylic acids is 3. The third-order valence-electron chi connectivity index (χ3n) is 7.49. The van der Waals surface area contributed by atoms with Crippen LogP contribution in [0.15, 0.2) is 85.3 Å². The van der Waals surface area contributed by atoms with E-state index in [1.54, 1.807) is 30.9 Å². The van der Waals surface area contributed by atoms with Crippen molar-refractivity contribution in [2.45, 2.75) is 50.9 Å². The van der Waals surface area contributed by atoms with Gasteiger partial charge in [0.05, 0.1) is 25.1 Å². The van der Waals surface area contributed by atoms with E-state index < -0.39 is 29.4 Å². The number of fused-ring (bicyclic) bond motifs is 1. The quantitative estimate of drug-likeness (QED) is 0.248. The molecule has 2 heterocycles. The lowest BCUT2D eigenvalue weighted by Gasteiger charge is -2.25. The van der Waals surface area contributed by atoms with Gasteiger partial charge in [-0.25, -0.2) is 4.98 Å². The summed E-state index contributed by atoms with van der Waals surface area (Å²) in [5, 5.41) is 7.59. The average molecular weight is 583 g/mol. The van der Waals surface area contributed by atoms with Crippen LogP contribution in [0, 0.1) is 0 Å². The van der Waals surface area contributed by atoms with Crippen molar-refractivity contribution < 1.29 is 19.1 Å². The van der Waals surface area contributed by atoms with Crippen LogP contribution in [-0.2, 0) is 25.7 Å². The third kappa shape index (κ3) is 7.46. The number of nitrogens with zero attached hydrogens (tertiary/aromatic N) is 3. The highest BCUT2D eigenvalue weighted by Gasteiger charge is 2.31. The van der Waals surface area contributed by atoms with Gasteiger partial charge < -0.3 is 30.6 Å². The van der Waals surface area contributed by atoms with Crippen molar-refractivity contribution in [3.05, 3.63) is 96.4 Å². The maximum Gasteiger partial charge on any atom is 0.250 e. The van der Waals surface area contributed by atoms with Gasteiger partial charge in [0.1, 0.15) is 12.1 Å². The normalized spacial score (nSPS) is 14.8. The molecule has 5 rings (SSSR count). The SMILES string of the molecule is CC(C)(N)C(=O)N[C@H](COCc1ccccc1)C(=O)Nc1cn(C(C(=O)N2CCCC2)c2ccc3ccccc3c2)cn1. The van der Waals surface area contributed by atoms with Crippen LogP contribution < -0.4 is 16.4 Å². The minimum absolute atomic E-state index is 0.0207. The van der Waals surface area contributed by atoms with E-state index in [0.717, 1.165) is 34.7 Å². The van der Waals surface area contributed by atoms with Gasteiger partial charge in [-0.15, -0.1) is 0 Å². The number of anilines is 1. The predicted octanol–water partition coefficient (Wildman–Crippen LogP) is 3.63. The second-order valence-electron chi connectivity index (χ2n) is 11.5. The fourth-order valence-electron chi connectivity index (χ4n) is 5.08. The van der Waals surface area contributed by atoms with Crippen molar-refractivity contribution in [3.8, 4) is 0 Å². The van der Waals surface area contributed by atoms with E-state index in [9.17, 15) is 14.4 Å². The molecule has 1 aromatic heterocycles. The van der Waals surface area contributed by atoms with Gasteiger partial charge in [-0.2, -0.15) is 0 Å². The van der Waals surface area contributed by atoms with E-state index in [2.05, 4.69) is 15.6 Å². The van der Waals surface area contributed by atoms with Crippen LogP contribution in [0.25, 0.3) is 10.8 Å². The second kappa shape index (κ2) is 13.2. The smallest absolute Gasteiger partial charge is 0.250 e. The molecule has 0 radical (unpaired) electrons. The minimum Gasteiger partial charge on any atom is -0.374 e. The molecular formula is C33H38N6O4. The Bertz CT molecular complexity index is 1570. The van der Waals surface area contributed by atoms with Gasteiger partial charge in [0.15, 0.2) is 5.82 Å². The topological polar surface area (TPSA) is 132 Å². The lowest BCUT2D eigenvalue weighted by molar-refractivity contribution is -0.132. The summed E-state index contributed by atoms with van der Waals surface area (Å²) >= 11 is 0. The van der Waals surface area contributed by atoms with Crippen LogP contribution >= 0.6 is 0 Å². The van der Waals surface area contributed by atoms with Gasteiger partial charge in [-0.3, -0.25) is 14.4 Å². The number of amides is 3. The lowest BCUT2D eigenvalue weighted by Crippen LogP contribution is -2.56. The molecule has 1 saturated heterocycles. The Morgan fingerprint density at radius 3 is 2.40 bits per heavy atom. The number of aromatic nitrogens is 2. The van der Waals surface area contributed by atoms with Crippen molar-refractivity contribution in [1.29, 1.82) is 0 Å². The molecule has 1 aliphatic heterocycles. The maximum absolute atomic E-state index is 13.8. The average Bonchev–Trinajstić information content (AvgIpc) is 3.70. The van der Waals surface area contributed by atoms with Gasteiger partial charge in [0, 0.05) is 19.3 Å². The third-order valence-corrected chi connectivity index (χ3v) is 7.49. The molecule has 10 heteroatoms. The molecule has 0 bridgehead atoms. The molecule has 10 nitrogen and oxygen atoms in total.